The molecule has 4 heteroatoms. The molecule has 0 unspecified atom stereocenters. The van der Waals surface area contributed by atoms with E-state index in [1.54, 1.807) is 0 Å². The molecule has 0 N–H and O–H groups in total. The van der Waals surface area contributed by atoms with E-state index < -0.39 is 10.8 Å². The Morgan fingerprint density at radius 3 is 1.29 bits per heavy atom. The summed E-state index contributed by atoms with van der Waals surface area (Å²) in [4.78, 5) is 0. The highest BCUT2D eigenvalue weighted by molar-refractivity contribution is 6.15. The van der Waals surface area contributed by atoms with Gasteiger partial charge in [-0.3, -0.25) is 0 Å². The van der Waals surface area contributed by atoms with Crippen LogP contribution >= 0.6 is 0 Å². The molecule has 2 heterocycles. The standard InChI is InChI=1S/C71H44N4/c72-43-46-41-52(75-65-36-20-16-32-56(65)60-40-38-58-54-30-14-18-34-63(54)71(67(58)69(60)75,50-25-9-3-10-26-50)51-27-11-4-12-28-51)42-47(61(46)44-73)45-74-64-35-19-15-31-55(64)59-39-37-57-53-29-13-17-33-62(53)70(66(57)68(59)74,48-21-5-1-6-22-48)49-23-7-2-8-24-49/h1-42H,45H2. The first-order chi connectivity index (χ1) is 37.2. The van der Waals surface area contributed by atoms with Crippen LogP contribution in [0.15, 0.2) is 255 Å². The molecule has 0 aliphatic heterocycles. The molecular formula is C71H44N4. The number of aromatic nitrogens is 2. The zero-order valence-corrected chi connectivity index (χ0v) is 40.7. The Morgan fingerprint density at radius 2 is 0.787 bits per heavy atom. The highest BCUT2D eigenvalue weighted by Gasteiger charge is 2.50. The zero-order chi connectivity index (χ0) is 49.8. The molecule has 0 radical (unpaired) electrons. The molecule has 15 rings (SSSR count). The summed E-state index contributed by atoms with van der Waals surface area (Å²) in [6.45, 7) is 0.334. The highest BCUT2D eigenvalue weighted by atomic mass is 15.0. The van der Waals surface area contributed by atoms with Gasteiger partial charge in [0, 0.05) is 50.4 Å². The van der Waals surface area contributed by atoms with E-state index in [-0.39, 0.29) is 0 Å². The van der Waals surface area contributed by atoms with E-state index in [9.17, 15) is 10.5 Å². The molecule has 0 fully saturated rings. The van der Waals surface area contributed by atoms with Gasteiger partial charge in [-0.25, -0.2) is 0 Å². The number of para-hydroxylation sites is 2. The van der Waals surface area contributed by atoms with E-state index in [4.69, 9.17) is 0 Å². The van der Waals surface area contributed by atoms with Crippen molar-refractivity contribution in [2.75, 3.05) is 0 Å². The lowest BCUT2D eigenvalue weighted by Gasteiger charge is -2.34. The number of nitriles is 2. The maximum Gasteiger partial charge on any atom is 0.101 e. The van der Waals surface area contributed by atoms with Gasteiger partial charge in [0.25, 0.3) is 0 Å². The second-order valence-corrected chi connectivity index (χ2v) is 20.0. The van der Waals surface area contributed by atoms with Crippen molar-refractivity contribution in [2.24, 2.45) is 0 Å². The molecule has 13 aromatic rings. The van der Waals surface area contributed by atoms with E-state index >= 15 is 0 Å². The maximum absolute atomic E-state index is 11.3. The SMILES string of the molecule is N#Cc1cc(-n2c3ccccc3c3ccc4c(c32)C(c2ccccc2)(c2ccccc2)c2ccccc2-4)cc(Cn2c3ccccc3c3ccc4c(c32)C(c2ccccc2)(c2ccccc2)c2ccccc2-4)c1C#N. The topological polar surface area (TPSA) is 57.4 Å². The van der Waals surface area contributed by atoms with Crippen molar-refractivity contribution in [3.05, 3.63) is 316 Å². The summed E-state index contributed by atoms with van der Waals surface area (Å²) in [5, 5.41) is 27.1. The van der Waals surface area contributed by atoms with Gasteiger partial charge < -0.3 is 9.13 Å². The van der Waals surface area contributed by atoms with Crippen LogP contribution in [-0.2, 0) is 17.4 Å². The van der Waals surface area contributed by atoms with E-state index in [0.717, 1.165) is 54.9 Å². The van der Waals surface area contributed by atoms with Crippen LogP contribution in [-0.4, -0.2) is 9.13 Å². The molecule has 348 valence electrons. The molecule has 0 saturated heterocycles. The molecule has 2 aromatic heterocycles. The predicted molar refractivity (Wildman–Crippen MR) is 303 cm³/mol. The van der Waals surface area contributed by atoms with Crippen LogP contribution < -0.4 is 0 Å². The Bertz CT molecular complexity index is 4490. The quantitative estimate of drug-likeness (QED) is 0.160. The summed E-state index contributed by atoms with van der Waals surface area (Å²) in [5.74, 6) is 0. The smallest absolute Gasteiger partial charge is 0.101 e. The van der Waals surface area contributed by atoms with Crippen LogP contribution in [0.2, 0.25) is 0 Å². The predicted octanol–water partition coefficient (Wildman–Crippen LogP) is 16.4. The monoisotopic (exact) mass is 952 g/mol. The second-order valence-electron chi connectivity index (χ2n) is 20.0. The summed E-state index contributed by atoms with van der Waals surface area (Å²) < 4.78 is 4.82. The number of fused-ring (bicyclic) bond motifs is 14. The van der Waals surface area contributed by atoms with Gasteiger partial charge in [-0.05, 0) is 85.5 Å². The molecule has 0 bridgehead atoms. The first kappa shape index (κ1) is 42.7. The third-order valence-corrected chi connectivity index (χ3v) is 16.6. The van der Waals surface area contributed by atoms with Crippen molar-refractivity contribution in [2.45, 2.75) is 17.4 Å². The number of hydrogen-bond donors (Lipinski definition) is 0. The van der Waals surface area contributed by atoms with E-state index in [1.165, 1.54) is 66.8 Å². The van der Waals surface area contributed by atoms with E-state index in [0.29, 0.717) is 17.7 Å². The van der Waals surface area contributed by atoms with Gasteiger partial charge in [-0.2, -0.15) is 10.5 Å². The van der Waals surface area contributed by atoms with Gasteiger partial charge in [0.05, 0.1) is 38.5 Å². The van der Waals surface area contributed by atoms with Gasteiger partial charge in [-0.15, -0.1) is 0 Å². The van der Waals surface area contributed by atoms with Gasteiger partial charge in [0.2, 0.25) is 0 Å². The minimum atomic E-state index is -0.696. The Balaban J connectivity index is 1.05. The minimum Gasteiger partial charge on any atom is -0.336 e. The Kier molecular flexibility index (Phi) is 9.25. The van der Waals surface area contributed by atoms with Crippen molar-refractivity contribution < 1.29 is 0 Å². The third-order valence-electron chi connectivity index (χ3n) is 16.6. The summed E-state index contributed by atoms with van der Waals surface area (Å²) in [5.41, 5.74) is 19.5. The van der Waals surface area contributed by atoms with Crippen LogP contribution in [0.4, 0.5) is 0 Å². The van der Waals surface area contributed by atoms with Gasteiger partial charge in [-0.1, -0.05) is 231 Å². The zero-order valence-electron chi connectivity index (χ0n) is 40.7. The Labute approximate surface area is 434 Å². The van der Waals surface area contributed by atoms with Crippen molar-refractivity contribution in [3.63, 3.8) is 0 Å². The minimum absolute atomic E-state index is 0.334. The molecule has 75 heavy (non-hydrogen) atoms. The number of rotatable bonds is 7. The molecule has 0 spiro atoms. The molecule has 11 aromatic carbocycles. The van der Waals surface area contributed by atoms with Crippen molar-refractivity contribution in [3.8, 4) is 40.1 Å². The summed E-state index contributed by atoms with van der Waals surface area (Å²) in [7, 11) is 0. The largest absolute Gasteiger partial charge is 0.336 e. The van der Waals surface area contributed by atoms with Gasteiger partial charge in [0.1, 0.15) is 12.1 Å². The van der Waals surface area contributed by atoms with Crippen LogP contribution in [0.5, 0.6) is 0 Å². The van der Waals surface area contributed by atoms with Crippen molar-refractivity contribution in [1.82, 2.24) is 9.13 Å². The number of hydrogen-bond acceptors (Lipinski definition) is 2. The van der Waals surface area contributed by atoms with Gasteiger partial charge >= 0.3 is 0 Å². The fourth-order valence-electron chi connectivity index (χ4n) is 13.8. The summed E-state index contributed by atoms with van der Waals surface area (Å²) >= 11 is 0. The lowest BCUT2D eigenvalue weighted by molar-refractivity contribution is 0.762. The third kappa shape index (κ3) is 5.69. The number of benzene rings is 11. The van der Waals surface area contributed by atoms with Gasteiger partial charge in [0.15, 0.2) is 0 Å². The molecule has 2 aliphatic carbocycles. The normalized spacial score (nSPS) is 13.6. The Morgan fingerprint density at radius 1 is 0.360 bits per heavy atom. The fraction of sp³-hybridized carbons (Fsp3) is 0.0423. The molecule has 2 aliphatic rings. The van der Waals surface area contributed by atoms with E-state index in [1.807, 2.05) is 6.07 Å². The van der Waals surface area contributed by atoms with E-state index in [2.05, 4.69) is 270 Å². The average molecular weight is 953 g/mol. The number of nitrogens with zero attached hydrogens (tertiary/aromatic N) is 4. The van der Waals surface area contributed by atoms with Crippen LogP contribution in [0.25, 0.3) is 71.6 Å². The molecule has 0 amide bonds. The fourth-order valence-corrected chi connectivity index (χ4v) is 13.8. The van der Waals surface area contributed by atoms with Crippen molar-refractivity contribution in [1.29, 1.82) is 10.5 Å². The lowest BCUT2D eigenvalue weighted by atomic mass is 9.67. The first-order valence-corrected chi connectivity index (χ1v) is 25.7. The molecule has 0 atom stereocenters. The lowest BCUT2D eigenvalue weighted by Crippen LogP contribution is -2.29. The summed E-state index contributed by atoms with van der Waals surface area (Å²) in [6, 6.07) is 97.2. The highest BCUT2D eigenvalue weighted by Crippen LogP contribution is 2.61. The van der Waals surface area contributed by atoms with Crippen LogP contribution in [0.1, 0.15) is 61.2 Å². The second kappa shape index (κ2) is 16.3. The average Bonchev–Trinajstić information content (AvgIpc) is 4.40. The summed E-state index contributed by atoms with van der Waals surface area (Å²) in [6.07, 6.45) is 0. The van der Waals surface area contributed by atoms with Crippen molar-refractivity contribution >= 4 is 43.6 Å². The van der Waals surface area contributed by atoms with Crippen LogP contribution in [0, 0.1) is 22.7 Å². The Hall–Kier alpha value is -10.0. The first-order valence-electron chi connectivity index (χ1n) is 25.7. The van der Waals surface area contributed by atoms with Crippen LogP contribution in [0.3, 0.4) is 0 Å². The molecule has 0 saturated carbocycles. The maximum atomic E-state index is 11.3. The molecule has 4 nitrogen and oxygen atoms in total. The molecular weight excluding hydrogens is 909 g/mol.